The number of amides is 1. The molecule has 0 spiro atoms. The number of hydrogen-bond donors (Lipinski definition) is 0. The zero-order valence-corrected chi connectivity index (χ0v) is 15.6. The number of nitrogens with zero attached hydrogens (tertiary/aromatic N) is 2. The number of ether oxygens (including phenoxy) is 3. The molecule has 6 heteroatoms. The number of piperidine rings is 1. The van der Waals surface area contributed by atoms with Gasteiger partial charge in [-0.2, -0.15) is 0 Å². The summed E-state index contributed by atoms with van der Waals surface area (Å²) in [4.78, 5) is 19.4. The van der Waals surface area contributed by atoms with E-state index in [0.29, 0.717) is 17.1 Å². The number of benzene rings is 1. The average molecular weight is 368 g/mol. The van der Waals surface area contributed by atoms with Crippen LogP contribution < -0.4 is 14.2 Å². The van der Waals surface area contributed by atoms with Crippen molar-refractivity contribution in [1.82, 2.24) is 9.88 Å². The molecule has 2 bridgehead atoms. The lowest BCUT2D eigenvalue weighted by molar-refractivity contribution is 0.0355. The van der Waals surface area contributed by atoms with E-state index >= 15 is 0 Å². The Bertz CT molecular complexity index is 797. The van der Waals surface area contributed by atoms with Crippen molar-refractivity contribution in [2.24, 2.45) is 0 Å². The minimum Gasteiger partial charge on any atom is -0.497 e. The predicted molar refractivity (Wildman–Crippen MR) is 100 cm³/mol. The van der Waals surface area contributed by atoms with E-state index in [4.69, 9.17) is 14.2 Å². The number of rotatable bonds is 5. The molecule has 6 nitrogen and oxygen atoms in total. The maximum Gasteiger partial charge on any atom is 0.258 e. The molecule has 2 aliphatic rings. The number of aromatic nitrogens is 1. The van der Waals surface area contributed by atoms with Gasteiger partial charge >= 0.3 is 0 Å². The highest BCUT2D eigenvalue weighted by molar-refractivity contribution is 5.97. The molecule has 2 unspecified atom stereocenters. The first-order chi connectivity index (χ1) is 13.2. The Morgan fingerprint density at radius 1 is 1.07 bits per heavy atom. The summed E-state index contributed by atoms with van der Waals surface area (Å²) in [5.41, 5.74) is 0.585. The van der Waals surface area contributed by atoms with E-state index in [1.807, 2.05) is 17.0 Å². The predicted octanol–water partition coefficient (Wildman–Crippen LogP) is 3.31. The van der Waals surface area contributed by atoms with Crippen LogP contribution in [0.3, 0.4) is 0 Å². The molecule has 4 rings (SSSR count). The molecule has 0 aliphatic carbocycles. The largest absolute Gasteiger partial charge is 0.497 e. The van der Waals surface area contributed by atoms with Crippen molar-refractivity contribution >= 4 is 5.91 Å². The molecule has 142 valence electrons. The number of carbonyl (C=O) groups is 1. The SMILES string of the molecule is COc1ccc(C(=O)N2C3CCC2CC(Oc2cccnc2)C3)c(OC)c1. The van der Waals surface area contributed by atoms with Crippen molar-refractivity contribution in [1.29, 1.82) is 0 Å². The van der Waals surface area contributed by atoms with Gasteiger partial charge in [0.05, 0.1) is 26.0 Å². The van der Waals surface area contributed by atoms with Crippen LogP contribution in [-0.4, -0.2) is 48.2 Å². The van der Waals surface area contributed by atoms with Gasteiger partial charge in [0.15, 0.2) is 0 Å². The molecular weight excluding hydrogens is 344 g/mol. The maximum atomic E-state index is 13.3. The maximum absolute atomic E-state index is 13.3. The first-order valence-electron chi connectivity index (χ1n) is 9.31. The lowest BCUT2D eigenvalue weighted by Gasteiger charge is -2.39. The molecule has 2 aliphatic heterocycles. The first-order valence-corrected chi connectivity index (χ1v) is 9.31. The van der Waals surface area contributed by atoms with Gasteiger partial charge in [-0.1, -0.05) is 0 Å². The molecule has 2 aromatic rings. The quantitative estimate of drug-likeness (QED) is 0.810. The molecule has 2 atom stereocenters. The van der Waals surface area contributed by atoms with Crippen molar-refractivity contribution in [3.05, 3.63) is 48.3 Å². The van der Waals surface area contributed by atoms with Crippen LogP contribution in [0.15, 0.2) is 42.7 Å². The molecule has 0 N–H and O–H groups in total. The molecule has 2 fully saturated rings. The second-order valence-electron chi connectivity index (χ2n) is 7.06. The molecule has 27 heavy (non-hydrogen) atoms. The minimum atomic E-state index is 0.0295. The Labute approximate surface area is 159 Å². The van der Waals surface area contributed by atoms with Gasteiger partial charge in [-0.3, -0.25) is 9.78 Å². The summed E-state index contributed by atoms with van der Waals surface area (Å²) in [6.45, 7) is 0. The van der Waals surface area contributed by atoms with E-state index < -0.39 is 0 Å². The van der Waals surface area contributed by atoms with Gasteiger partial charge in [-0.05, 0) is 37.1 Å². The smallest absolute Gasteiger partial charge is 0.258 e. The number of hydrogen-bond acceptors (Lipinski definition) is 5. The fraction of sp³-hybridized carbons (Fsp3) is 0.429. The Kier molecular flexibility index (Phi) is 4.88. The number of carbonyl (C=O) groups excluding carboxylic acids is 1. The molecule has 1 aromatic heterocycles. The third-order valence-corrected chi connectivity index (χ3v) is 5.50. The van der Waals surface area contributed by atoms with Crippen LogP contribution in [-0.2, 0) is 0 Å². The van der Waals surface area contributed by atoms with Gasteiger partial charge in [-0.15, -0.1) is 0 Å². The highest BCUT2D eigenvalue weighted by Gasteiger charge is 2.44. The fourth-order valence-electron chi connectivity index (χ4n) is 4.28. The summed E-state index contributed by atoms with van der Waals surface area (Å²) >= 11 is 0. The summed E-state index contributed by atoms with van der Waals surface area (Å²) in [6, 6.07) is 9.54. The highest BCUT2D eigenvalue weighted by Crippen LogP contribution is 2.39. The summed E-state index contributed by atoms with van der Waals surface area (Å²) < 4.78 is 16.8. The van der Waals surface area contributed by atoms with Crippen molar-refractivity contribution in [3.8, 4) is 17.2 Å². The highest BCUT2D eigenvalue weighted by atomic mass is 16.5. The van der Waals surface area contributed by atoms with Crippen LogP contribution in [0.1, 0.15) is 36.0 Å². The molecular formula is C21H24N2O4. The monoisotopic (exact) mass is 368 g/mol. The summed E-state index contributed by atoms with van der Waals surface area (Å²) in [5.74, 6) is 2.04. The lowest BCUT2D eigenvalue weighted by Crippen LogP contribution is -2.49. The number of pyridine rings is 1. The zero-order valence-electron chi connectivity index (χ0n) is 15.6. The van der Waals surface area contributed by atoms with Gasteiger partial charge in [-0.25, -0.2) is 0 Å². The van der Waals surface area contributed by atoms with Crippen LogP contribution in [0.25, 0.3) is 0 Å². The standard InChI is InChI=1S/C21H24N2O4/c1-25-16-7-8-19(20(12-16)26-2)21(24)23-14-5-6-15(23)11-18(10-14)27-17-4-3-9-22-13-17/h3-4,7-9,12-15,18H,5-6,10-11H2,1-2H3. The second-order valence-corrected chi connectivity index (χ2v) is 7.06. The molecule has 0 radical (unpaired) electrons. The van der Waals surface area contributed by atoms with E-state index in [1.54, 1.807) is 44.8 Å². The average Bonchev–Trinajstić information content (AvgIpc) is 2.98. The van der Waals surface area contributed by atoms with Crippen molar-refractivity contribution in [3.63, 3.8) is 0 Å². The summed E-state index contributed by atoms with van der Waals surface area (Å²) in [5, 5.41) is 0. The van der Waals surface area contributed by atoms with Gasteiger partial charge in [0.25, 0.3) is 5.91 Å². The first kappa shape index (κ1) is 17.6. The Hall–Kier alpha value is -2.76. The van der Waals surface area contributed by atoms with Crippen LogP contribution in [0.2, 0.25) is 0 Å². The van der Waals surface area contributed by atoms with Crippen molar-refractivity contribution in [2.45, 2.75) is 43.9 Å². The second kappa shape index (κ2) is 7.47. The lowest BCUT2D eigenvalue weighted by atomic mass is 9.98. The van der Waals surface area contributed by atoms with Crippen LogP contribution in [0.5, 0.6) is 17.2 Å². The third-order valence-electron chi connectivity index (χ3n) is 5.50. The van der Waals surface area contributed by atoms with Gasteiger partial charge in [0.2, 0.25) is 0 Å². The third kappa shape index (κ3) is 3.44. The number of methoxy groups -OCH3 is 2. The normalized spacial score (nSPS) is 23.8. The molecule has 1 aromatic carbocycles. The van der Waals surface area contributed by atoms with Gasteiger partial charge < -0.3 is 19.1 Å². The van der Waals surface area contributed by atoms with Gasteiger partial charge in [0, 0.05) is 37.2 Å². The van der Waals surface area contributed by atoms with Crippen molar-refractivity contribution < 1.29 is 19.0 Å². The van der Waals surface area contributed by atoms with E-state index in [1.165, 1.54) is 0 Å². The van der Waals surface area contributed by atoms with E-state index in [2.05, 4.69) is 4.98 Å². The Morgan fingerprint density at radius 2 is 1.85 bits per heavy atom. The summed E-state index contributed by atoms with van der Waals surface area (Å²) in [6.07, 6.45) is 7.31. The van der Waals surface area contributed by atoms with E-state index in [9.17, 15) is 4.79 Å². The minimum absolute atomic E-state index is 0.0295. The van der Waals surface area contributed by atoms with E-state index in [-0.39, 0.29) is 24.1 Å². The summed E-state index contributed by atoms with van der Waals surface area (Å²) in [7, 11) is 3.18. The molecule has 2 saturated heterocycles. The van der Waals surface area contributed by atoms with Gasteiger partial charge in [0.1, 0.15) is 23.4 Å². The van der Waals surface area contributed by atoms with Crippen LogP contribution in [0, 0.1) is 0 Å². The number of fused-ring (bicyclic) bond motifs is 2. The van der Waals surface area contributed by atoms with E-state index in [0.717, 1.165) is 31.4 Å². The van der Waals surface area contributed by atoms with Crippen molar-refractivity contribution in [2.75, 3.05) is 14.2 Å². The topological polar surface area (TPSA) is 60.9 Å². The molecule has 0 saturated carbocycles. The zero-order chi connectivity index (χ0) is 18.8. The van der Waals surface area contributed by atoms with Crippen LogP contribution in [0.4, 0.5) is 0 Å². The Morgan fingerprint density at radius 3 is 2.48 bits per heavy atom. The molecule has 3 heterocycles. The Balaban J connectivity index is 1.50. The molecule has 1 amide bonds. The van der Waals surface area contributed by atoms with Crippen LogP contribution >= 0.6 is 0 Å². The fourth-order valence-corrected chi connectivity index (χ4v) is 4.28.